The topological polar surface area (TPSA) is 109 Å². The van der Waals surface area contributed by atoms with Crippen molar-refractivity contribution >= 4 is 42.4 Å². The van der Waals surface area contributed by atoms with E-state index >= 15 is 4.79 Å². The van der Waals surface area contributed by atoms with Crippen LogP contribution in [0.5, 0.6) is 11.5 Å². The Morgan fingerprint density at radius 2 is 1.67 bits per heavy atom. The molecule has 3 aromatic carbocycles. The van der Waals surface area contributed by atoms with Gasteiger partial charge in [0.25, 0.3) is 5.91 Å². The molecule has 3 aromatic rings. The number of ether oxygens (including phenoxy) is 3. The zero-order valence-corrected chi connectivity index (χ0v) is 31.3. The second-order valence-electron chi connectivity index (χ2n) is 15.0. The molecule has 4 aliphatic heterocycles. The maximum Gasteiger partial charge on any atom is 0.264 e. The molecule has 0 aromatic heterocycles. The molecule has 0 aliphatic carbocycles. The third-order valence-electron chi connectivity index (χ3n) is 12.0. The maximum absolute atomic E-state index is 15.2. The first kappa shape index (κ1) is 35.2. The molecule has 3 saturated heterocycles. The Labute approximate surface area is 301 Å². The van der Waals surface area contributed by atoms with Crippen LogP contribution in [0, 0.1) is 5.92 Å². The summed E-state index contributed by atoms with van der Waals surface area (Å²) >= 11 is 0. The quantitative estimate of drug-likeness (QED) is 0.296. The van der Waals surface area contributed by atoms with Gasteiger partial charge in [0.05, 0.1) is 59.7 Å². The number of hydrogen-bond donors (Lipinski definition) is 1. The normalized spacial score (nSPS) is 26.0. The minimum Gasteiger partial charge on any atom is -0.497 e. The Morgan fingerprint density at radius 3 is 2.31 bits per heavy atom. The van der Waals surface area contributed by atoms with Gasteiger partial charge in [0.2, 0.25) is 11.8 Å². The van der Waals surface area contributed by atoms with Crippen LogP contribution in [0.2, 0.25) is 18.6 Å². The van der Waals surface area contributed by atoms with Gasteiger partial charge in [0.1, 0.15) is 11.5 Å². The zero-order chi connectivity index (χ0) is 36.1. The number of hydrogen-bond acceptors (Lipinski definition) is 7. The molecule has 4 aliphatic rings. The number of amides is 3. The SMILES string of the molecule is COc1ccc([Si](C)(C)[C@@H]2[C@@H](CC(=O)N3CCC[C@H]3CO)O[C@]3(C(=O)N(Cc4ccc(N5CCCC5=O)cc4)c4ccc(OC)cc43)[C@H]2C)cc1. The number of aliphatic hydroxyl groups excluding tert-OH is 1. The zero-order valence-electron chi connectivity index (χ0n) is 30.3. The summed E-state index contributed by atoms with van der Waals surface area (Å²) in [5.74, 6) is 1.06. The number of rotatable bonds is 10. The van der Waals surface area contributed by atoms with E-state index in [9.17, 15) is 14.7 Å². The van der Waals surface area contributed by atoms with Crippen molar-refractivity contribution < 1.29 is 33.7 Å². The first-order valence-corrected chi connectivity index (χ1v) is 21.2. The average Bonchev–Trinajstić information content (AvgIpc) is 3.91. The Hall–Kier alpha value is -4.19. The summed E-state index contributed by atoms with van der Waals surface area (Å²) < 4.78 is 18.4. The lowest BCUT2D eigenvalue weighted by Gasteiger charge is -2.37. The minimum absolute atomic E-state index is 0.0462. The van der Waals surface area contributed by atoms with E-state index in [-0.39, 0.29) is 48.3 Å². The van der Waals surface area contributed by atoms with E-state index in [1.54, 1.807) is 19.1 Å². The minimum atomic E-state index is -2.46. The van der Waals surface area contributed by atoms with Crippen molar-refractivity contribution in [1.82, 2.24) is 4.90 Å². The van der Waals surface area contributed by atoms with Gasteiger partial charge in [-0.2, -0.15) is 0 Å². The molecule has 0 radical (unpaired) electrons. The highest BCUT2D eigenvalue weighted by Crippen LogP contribution is 2.60. The summed E-state index contributed by atoms with van der Waals surface area (Å²) in [5, 5.41) is 11.2. The van der Waals surface area contributed by atoms with Gasteiger partial charge in [-0.1, -0.05) is 49.5 Å². The van der Waals surface area contributed by atoms with Crippen molar-refractivity contribution in [2.45, 2.75) is 82.0 Å². The maximum atomic E-state index is 15.2. The van der Waals surface area contributed by atoms with E-state index in [2.05, 4.69) is 32.2 Å². The lowest BCUT2D eigenvalue weighted by molar-refractivity contribution is -0.150. The van der Waals surface area contributed by atoms with Crippen LogP contribution in [0.15, 0.2) is 66.7 Å². The summed E-state index contributed by atoms with van der Waals surface area (Å²) in [6.07, 6.45) is 2.65. The van der Waals surface area contributed by atoms with Gasteiger partial charge in [-0.15, -0.1) is 0 Å². The molecule has 0 unspecified atom stereocenters. The molecule has 11 heteroatoms. The number of aliphatic hydroxyl groups is 1. The van der Waals surface area contributed by atoms with Gasteiger partial charge in [-0.25, -0.2) is 0 Å². The molecular formula is C40H49N3O7Si. The molecule has 51 heavy (non-hydrogen) atoms. The smallest absolute Gasteiger partial charge is 0.264 e. The van der Waals surface area contributed by atoms with E-state index in [0.717, 1.165) is 54.1 Å². The van der Waals surface area contributed by atoms with E-state index in [0.29, 0.717) is 25.3 Å². The lowest BCUT2D eigenvalue weighted by Crippen LogP contribution is -2.52. The monoisotopic (exact) mass is 711 g/mol. The molecule has 1 N–H and O–H groups in total. The largest absolute Gasteiger partial charge is 0.497 e. The van der Waals surface area contributed by atoms with Crippen molar-refractivity contribution in [2.75, 3.05) is 43.7 Å². The molecule has 10 nitrogen and oxygen atoms in total. The Balaban J connectivity index is 1.28. The summed E-state index contributed by atoms with van der Waals surface area (Å²) in [7, 11) is 0.808. The molecule has 3 fully saturated rings. The third-order valence-corrected chi connectivity index (χ3v) is 16.3. The molecule has 5 atom stereocenters. The molecule has 3 amide bonds. The number of benzene rings is 3. The number of carbonyl (C=O) groups is 3. The van der Waals surface area contributed by atoms with Crippen molar-refractivity contribution in [2.24, 2.45) is 5.92 Å². The summed E-state index contributed by atoms with van der Waals surface area (Å²) in [6.45, 7) is 8.31. The fourth-order valence-electron chi connectivity index (χ4n) is 9.30. The number of carbonyl (C=O) groups excluding carboxylic acids is 3. The van der Waals surface area contributed by atoms with E-state index in [1.807, 2.05) is 64.4 Å². The average molecular weight is 712 g/mol. The van der Waals surface area contributed by atoms with Gasteiger partial charge in [-0.05, 0) is 72.8 Å². The predicted octanol–water partition coefficient (Wildman–Crippen LogP) is 4.97. The molecule has 270 valence electrons. The van der Waals surface area contributed by atoms with Crippen molar-refractivity contribution in [3.8, 4) is 11.5 Å². The molecule has 4 heterocycles. The van der Waals surface area contributed by atoms with Crippen LogP contribution in [-0.4, -0.2) is 81.9 Å². The highest BCUT2D eigenvalue weighted by molar-refractivity contribution is 6.91. The van der Waals surface area contributed by atoms with Crippen LogP contribution in [0.4, 0.5) is 11.4 Å². The second kappa shape index (κ2) is 13.7. The van der Waals surface area contributed by atoms with Gasteiger partial charge in [0.15, 0.2) is 5.60 Å². The van der Waals surface area contributed by atoms with Gasteiger partial charge in [0, 0.05) is 36.7 Å². The second-order valence-corrected chi connectivity index (χ2v) is 19.7. The fraction of sp³-hybridized carbons (Fsp3) is 0.475. The number of methoxy groups -OCH3 is 2. The molecule has 1 spiro atoms. The van der Waals surface area contributed by atoms with E-state index < -0.39 is 19.8 Å². The lowest BCUT2D eigenvalue weighted by atomic mass is 9.82. The Kier molecular flexibility index (Phi) is 9.49. The van der Waals surface area contributed by atoms with Crippen molar-refractivity contribution in [3.63, 3.8) is 0 Å². The standard InChI is InChI=1S/C40H49N3O7Si/c1-26-38(51(4,5)32-17-14-30(48-2)15-18-32)35(23-37(46)42-20-6-8-29(42)25-44)50-40(26)33-22-31(49-3)16-19-34(33)43(39(40)47)24-27-10-12-28(13-11-27)41-21-7-9-36(41)45/h10-19,22,26,29,35,38,44H,6-9,20-21,23-25H2,1-5H3/t26-,29-,35+,38-,40+/m0/s1. The predicted molar refractivity (Wildman–Crippen MR) is 198 cm³/mol. The van der Waals surface area contributed by atoms with Crippen LogP contribution < -0.4 is 24.5 Å². The van der Waals surface area contributed by atoms with Gasteiger partial charge in [-0.3, -0.25) is 14.4 Å². The van der Waals surface area contributed by atoms with E-state index in [4.69, 9.17) is 14.2 Å². The van der Waals surface area contributed by atoms with E-state index in [1.165, 1.54) is 5.19 Å². The molecule has 0 saturated carbocycles. The van der Waals surface area contributed by atoms with Crippen molar-refractivity contribution in [1.29, 1.82) is 0 Å². The van der Waals surface area contributed by atoms with Crippen LogP contribution in [0.25, 0.3) is 0 Å². The Bertz CT molecular complexity index is 1800. The number of anilines is 2. The number of fused-ring (bicyclic) bond motifs is 2. The van der Waals surface area contributed by atoms with Gasteiger partial charge < -0.3 is 34.0 Å². The molecule has 0 bridgehead atoms. The fourth-order valence-corrected chi connectivity index (χ4v) is 13.3. The third kappa shape index (κ3) is 5.92. The summed E-state index contributed by atoms with van der Waals surface area (Å²) in [5.41, 5.74) is 1.88. The van der Waals surface area contributed by atoms with Crippen LogP contribution >= 0.6 is 0 Å². The summed E-state index contributed by atoms with van der Waals surface area (Å²) in [4.78, 5) is 47.0. The van der Waals surface area contributed by atoms with Crippen LogP contribution in [-0.2, 0) is 31.3 Å². The number of nitrogens with zero attached hydrogens (tertiary/aromatic N) is 3. The van der Waals surface area contributed by atoms with Crippen molar-refractivity contribution in [3.05, 3.63) is 77.9 Å². The first-order chi connectivity index (χ1) is 24.5. The number of likely N-dealkylation sites (tertiary alicyclic amines) is 1. The highest BCUT2D eigenvalue weighted by atomic mass is 28.3. The first-order valence-electron chi connectivity index (χ1n) is 18.2. The van der Waals surface area contributed by atoms with Gasteiger partial charge >= 0.3 is 0 Å². The van der Waals surface area contributed by atoms with Crippen LogP contribution in [0.1, 0.15) is 50.2 Å². The summed E-state index contributed by atoms with van der Waals surface area (Å²) in [6, 6.07) is 21.6. The molecule has 7 rings (SSSR count). The highest BCUT2D eigenvalue weighted by Gasteiger charge is 2.66. The Morgan fingerprint density at radius 1 is 0.961 bits per heavy atom. The molecular weight excluding hydrogens is 663 g/mol. The van der Waals surface area contributed by atoms with Crippen LogP contribution in [0.3, 0.4) is 0 Å².